The molecular formula is C22H25FN2O3. The Kier molecular flexibility index (Phi) is 5.87. The molecule has 0 spiro atoms. The highest BCUT2D eigenvalue weighted by Gasteiger charge is 2.21. The van der Waals surface area contributed by atoms with E-state index >= 15 is 0 Å². The van der Waals surface area contributed by atoms with Crippen molar-refractivity contribution >= 4 is 17.0 Å². The third kappa shape index (κ3) is 4.11. The lowest BCUT2D eigenvalue weighted by molar-refractivity contribution is 0.189. The number of urea groups is 1. The van der Waals surface area contributed by atoms with Crippen molar-refractivity contribution in [2.45, 2.75) is 32.9 Å². The highest BCUT2D eigenvalue weighted by molar-refractivity contribution is 5.84. The van der Waals surface area contributed by atoms with Gasteiger partial charge in [-0.25, -0.2) is 9.18 Å². The van der Waals surface area contributed by atoms with Crippen molar-refractivity contribution in [2.75, 3.05) is 13.7 Å². The Bertz CT molecular complexity index is 952. The maximum absolute atomic E-state index is 13.1. The number of nitrogens with one attached hydrogen (secondary N) is 1. The lowest BCUT2D eigenvalue weighted by Crippen LogP contribution is -2.39. The van der Waals surface area contributed by atoms with E-state index in [1.165, 1.54) is 12.1 Å². The van der Waals surface area contributed by atoms with Gasteiger partial charge in [-0.2, -0.15) is 0 Å². The van der Waals surface area contributed by atoms with Gasteiger partial charge in [-0.1, -0.05) is 24.3 Å². The SMILES string of the molecule is CCOc1cccc2cc(C(C)NC(=O)N(C)C(C)c3ccc(F)cc3)oc12. The highest BCUT2D eigenvalue weighted by atomic mass is 19.1. The van der Waals surface area contributed by atoms with Gasteiger partial charge in [-0.15, -0.1) is 0 Å². The van der Waals surface area contributed by atoms with E-state index in [0.717, 1.165) is 10.9 Å². The Morgan fingerprint density at radius 1 is 1.21 bits per heavy atom. The monoisotopic (exact) mass is 384 g/mol. The van der Waals surface area contributed by atoms with E-state index in [0.29, 0.717) is 23.7 Å². The van der Waals surface area contributed by atoms with Gasteiger partial charge in [0.15, 0.2) is 11.3 Å². The summed E-state index contributed by atoms with van der Waals surface area (Å²) in [6.07, 6.45) is 0. The predicted molar refractivity (Wildman–Crippen MR) is 107 cm³/mol. The molecule has 0 fully saturated rings. The van der Waals surface area contributed by atoms with Crippen molar-refractivity contribution in [1.29, 1.82) is 0 Å². The molecule has 0 saturated heterocycles. The fourth-order valence-electron chi connectivity index (χ4n) is 3.04. The third-order valence-electron chi connectivity index (χ3n) is 4.85. The molecule has 1 N–H and O–H groups in total. The topological polar surface area (TPSA) is 54.7 Å². The predicted octanol–water partition coefficient (Wildman–Crippen LogP) is 5.43. The van der Waals surface area contributed by atoms with Crippen molar-refractivity contribution in [1.82, 2.24) is 10.2 Å². The number of carbonyl (C=O) groups is 1. The van der Waals surface area contributed by atoms with Gasteiger partial charge in [-0.3, -0.25) is 0 Å². The van der Waals surface area contributed by atoms with E-state index in [9.17, 15) is 9.18 Å². The van der Waals surface area contributed by atoms with Crippen LogP contribution in [0.4, 0.5) is 9.18 Å². The standard InChI is InChI=1S/C22H25FN2O3/c1-5-27-19-8-6-7-17-13-20(28-21(17)19)14(2)24-22(26)25(4)15(3)16-9-11-18(23)12-10-16/h6-15H,5H2,1-4H3,(H,24,26). The van der Waals surface area contributed by atoms with Crippen LogP contribution < -0.4 is 10.1 Å². The van der Waals surface area contributed by atoms with E-state index in [4.69, 9.17) is 9.15 Å². The normalized spacial score (nSPS) is 13.2. The molecule has 148 valence electrons. The zero-order valence-corrected chi connectivity index (χ0v) is 16.5. The van der Waals surface area contributed by atoms with Gasteiger partial charge in [0.2, 0.25) is 0 Å². The van der Waals surface area contributed by atoms with Crippen LogP contribution in [0.25, 0.3) is 11.0 Å². The molecule has 0 aliphatic carbocycles. The van der Waals surface area contributed by atoms with Gasteiger partial charge >= 0.3 is 6.03 Å². The summed E-state index contributed by atoms with van der Waals surface area (Å²) >= 11 is 0. The number of amides is 2. The van der Waals surface area contributed by atoms with Crippen LogP contribution in [-0.4, -0.2) is 24.6 Å². The first-order valence-electron chi connectivity index (χ1n) is 9.34. The number of carbonyl (C=O) groups excluding carboxylic acids is 1. The van der Waals surface area contributed by atoms with Crippen LogP contribution in [0.15, 0.2) is 52.9 Å². The van der Waals surface area contributed by atoms with Crippen molar-refractivity contribution in [2.24, 2.45) is 0 Å². The van der Waals surface area contributed by atoms with Crippen LogP contribution in [0.2, 0.25) is 0 Å². The Hall–Kier alpha value is -3.02. The third-order valence-corrected chi connectivity index (χ3v) is 4.85. The summed E-state index contributed by atoms with van der Waals surface area (Å²) in [5.41, 5.74) is 1.53. The fourth-order valence-corrected chi connectivity index (χ4v) is 3.04. The summed E-state index contributed by atoms with van der Waals surface area (Å²) in [6, 6.07) is 13.0. The van der Waals surface area contributed by atoms with Crippen molar-refractivity contribution in [3.8, 4) is 5.75 Å². The molecule has 3 rings (SSSR count). The number of ether oxygens (including phenoxy) is 1. The van der Waals surface area contributed by atoms with Gasteiger partial charge < -0.3 is 19.4 Å². The van der Waals surface area contributed by atoms with E-state index in [-0.39, 0.29) is 23.9 Å². The number of para-hydroxylation sites is 1. The molecule has 6 heteroatoms. The minimum absolute atomic E-state index is 0.201. The molecule has 1 heterocycles. The smallest absolute Gasteiger partial charge is 0.318 e. The number of nitrogens with zero attached hydrogens (tertiary/aromatic N) is 1. The summed E-state index contributed by atoms with van der Waals surface area (Å²) in [4.78, 5) is 14.2. The van der Waals surface area contributed by atoms with Gasteiger partial charge in [-0.05, 0) is 50.6 Å². The Labute approximate surface area is 164 Å². The summed E-state index contributed by atoms with van der Waals surface area (Å²) in [6.45, 7) is 6.23. The van der Waals surface area contributed by atoms with E-state index in [2.05, 4.69) is 5.32 Å². The second-order valence-corrected chi connectivity index (χ2v) is 6.77. The number of benzene rings is 2. The van der Waals surface area contributed by atoms with Crippen LogP contribution in [-0.2, 0) is 0 Å². The number of hydrogen-bond donors (Lipinski definition) is 1. The average molecular weight is 384 g/mol. The molecule has 0 aliphatic rings. The fraction of sp³-hybridized carbons (Fsp3) is 0.318. The average Bonchev–Trinajstić information content (AvgIpc) is 3.13. The molecular weight excluding hydrogens is 359 g/mol. The number of fused-ring (bicyclic) bond motifs is 1. The van der Waals surface area contributed by atoms with Crippen molar-refractivity contribution < 1.29 is 18.3 Å². The number of rotatable bonds is 6. The number of furan rings is 1. The molecule has 28 heavy (non-hydrogen) atoms. The minimum atomic E-state index is -0.322. The lowest BCUT2D eigenvalue weighted by atomic mass is 10.1. The van der Waals surface area contributed by atoms with Crippen LogP contribution in [0.3, 0.4) is 0 Å². The summed E-state index contributed by atoms with van der Waals surface area (Å²) in [7, 11) is 1.71. The molecule has 2 unspecified atom stereocenters. The van der Waals surface area contributed by atoms with Crippen LogP contribution in [0.5, 0.6) is 5.75 Å². The molecule has 5 nitrogen and oxygen atoms in total. The first kappa shape index (κ1) is 19.7. The number of halogens is 1. The van der Waals surface area contributed by atoms with Gasteiger partial charge in [0.05, 0.1) is 18.7 Å². The minimum Gasteiger partial charge on any atom is -0.490 e. The molecule has 0 bridgehead atoms. The zero-order valence-electron chi connectivity index (χ0n) is 16.5. The summed E-state index contributed by atoms with van der Waals surface area (Å²) < 4.78 is 24.7. The van der Waals surface area contributed by atoms with Gasteiger partial charge in [0.1, 0.15) is 11.6 Å². The first-order valence-corrected chi connectivity index (χ1v) is 9.34. The molecule has 1 aromatic heterocycles. The van der Waals surface area contributed by atoms with Crippen LogP contribution in [0.1, 0.15) is 44.2 Å². The molecule has 0 aliphatic heterocycles. The molecule has 3 aromatic rings. The maximum Gasteiger partial charge on any atom is 0.318 e. The van der Waals surface area contributed by atoms with Crippen molar-refractivity contribution in [3.63, 3.8) is 0 Å². The second-order valence-electron chi connectivity index (χ2n) is 6.77. The zero-order chi connectivity index (χ0) is 20.3. The van der Waals surface area contributed by atoms with E-state index < -0.39 is 0 Å². The van der Waals surface area contributed by atoms with E-state index in [1.54, 1.807) is 24.1 Å². The Balaban J connectivity index is 1.72. The summed E-state index contributed by atoms with van der Waals surface area (Å²) in [5, 5.41) is 3.87. The maximum atomic E-state index is 13.1. The second kappa shape index (κ2) is 8.33. The quantitative estimate of drug-likeness (QED) is 0.616. The molecule has 2 atom stereocenters. The van der Waals surface area contributed by atoms with E-state index in [1.807, 2.05) is 45.0 Å². The molecule has 2 amide bonds. The van der Waals surface area contributed by atoms with Gasteiger partial charge in [0.25, 0.3) is 0 Å². The Morgan fingerprint density at radius 3 is 2.61 bits per heavy atom. The lowest BCUT2D eigenvalue weighted by Gasteiger charge is -2.27. The summed E-state index contributed by atoms with van der Waals surface area (Å²) in [5.74, 6) is 1.04. The van der Waals surface area contributed by atoms with Crippen LogP contribution >= 0.6 is 0 Å². The number of hydrogen-bond acceptors (Lipinski definition) is 3. The largest absolute Gasteiger partial charge is 0.490 e. The first-order chi connectivity index (χ1) is 13.4. The highest BCUT2D eigenvalue weighted by Crippen LogP contribution is 2.31. The van der Waals surface area contributed by atoms with Crippen LogP contribution in [0, 0.1) is 5.82 Å². The molecule has 0 radical (unpaired) electrons. The Morgan fingerprint density at radius 2 is 1.93 bits per heavy atom. The van der Waals surface area contributed by atoms with Gasteiger partial charge in [0, 0.05) is 12.4 Å². The van der Waals surface area contributed by atoms with Crippen molar-refractivity contribution in [3.05, 3.63) is 65.7 Å². The molecule has 2 aromatic carbocycles. The molecule has 0 saturated carbocycles.